The van der Waals surface area contributed by atoms with Gasteiger partial charge in [0.2, 0.25) is 5.91 Å². The zero-order valence-electron chi connectivity index (χ0n) is 23.7. The Morgan fingerprint density at radius 2 is 1.65 bits per heavy atom. The van der Waals surface area contributed by atoms with Gasteiger partial charge >= 0.3 is 6.09 Å². The lowest BCUT2D eigenvalue weighted by Gasteiger charge is -2.30. The van der Waals surface area contributed by atoms with Crippen molar-refractivity contribution in [2.75, 3.05) is 0 Å². The molecule has 0 spiro atoms. The molecule has 0 fully saturated rings. The summed E-state index contributed by atoms with van der Waals surface area (Å²) in [5.41, 5.74) is 6.65. The highest BCUT2D eigenvalue weighted by Gasteiger charge is 2.33. The van der Waals surface area contributed by atoms with E-state index >= 15 is 0 Å². The summed E-state index contributed by atoms with van der Waals surface area (Å²) < 4.78 is 5.33. The molecule has 40 heavy (non-hydrogen) atoms. The van der Waals surface area contributed by atoms with Crippen LogP contribution in [0.3, 0.4) is 0 Å². The van der Waals surface area contributed by atoms with Gasteiger partial charge in [0.25, 0.3) is 11.6 Å². The maximum Gasteiger partial charge on any atom is 0.408 e. The number of nitro groups is 1. The smallest absolute Gasteiger partial charge is 0.408 e. The van der Waals surface area contributed by atoms with E-state index in [1.807, 2.05) is 19.9 Å². The number of non-ortho nitro benzene ring substituents is 1. The van der Waals surface area contributed by atoms with Gasteiger partial charge in [0, 0.05) is 18.2 Å². The predicted octanol–water partition coefficient (Wildman–Crippen LogP) is 3.71. The number of carbonyl (C=O) groups excluding carboxylic acids is 3. The fraction of sp³-hybridized carbons (Fsp3) is 0.483. The largest absolute Gasteiger partial charge is 0.444 e. The van der Waals surface area contributed by atoms with E-state index in [2.05, 4.69) is 5.32 Å². The molecule has 0 bridgehead atoms. The SMILES string of the molecule is CC(C)C[C@H](NC(=O)OC(C)(C)C)C(=O)N(Cc1ccccc1)C(=O)CC(O)[C@@H](N)Cc1ccc([N+](=O)[O-])cc1. The lowest BCUT2D eigenvalue weighted by molar-refractivity contribution is -0.384. The van der Waals surface area contributed by atoms with Gasteiger partial charge in [0.15, 0.2) is 0 Å². The van der Waals surface area contributed by atoms with Crippen LogP contribution < -0.4 is 11.1 Å². The maximum absolute atomic E-state index is 13.7. The fourth-order valence-corrected chi connectivity index (χ4v) is 3.99. The molecule has 0 heterocycles. The molecule has 0 aliphatic carbocycles. The van der Waals surface area contributed by atoms with Gasteiger partial charge in [0.05, 0.1) is 24.0 Å². The van der Waals surface area contributed by atoms with E-state index in [1.165, 1.54) is 24.3 Å². The highest BCUT2D eigenvalue weighted by atomic mass is 16.6. The van der Waals surface area contributed by atoms with Gasteiger partial charge in [-0.25, -0.2) is 4.79 Å². The molecule has 218 valence electrons. The summed E-state index contributed by atoms with van der Waals surface area (Å²) in [6.07, 6.45) is -2.08. The zero-order valence-corrected chi connectivity index (χ0v) is 23.7. The first-order valence-electron chi connectivity index (χ1n) is 13.2. The van der Waals surface area contributed by atoms with Crippen LogP contribution in [0, 0.1) is 16.0 Å². The molecule has 3 atom stereocenters. The molecule has 0 radical (unpaired) electrons. The molecule has 0 saturated carbocycles. The normalized spacial score (nSPS) is 13.7. The second-order valence-electron chi connectivity index (χ2n) is 11.2. The molecule has 2 rings (SSSR count). The zero-order chi connectivity index (χ0) is 30.0. The van der Waals surface area contributed by atoms with Crippen molar-refractivity contribution in [2.45, 2.75) is 84.2 Å². The van der Waals surface area contributed by atoms with Crippen LogP contribution in [0.1, 0.15) is 58.6 Å². The third kappa shape index (κ3) is 10.7. The van der Waals surface area contributed by atoms with Crippen molar-refractivity contribution in [3.8, 4) is 0 Å². The number of carbonyl (C=O) groups is 3. The number of amides is 3. The number of alkyl carbamates (subject to hydrolysis) is 1. The molecule has 11 heteroatoms. The number of nitro benzene ring substituents is 1. The van der Waals surface area contributed by atoms with Crippen molar-refractivity contribution < 1.29 is 29.2 Å². The molecular formula is C29H40N4O7. The van der Waals surface area contributed by atoms with Crippen LogP contribution in [0.4, 0.5) is 10.5 Å². The van der Waals surface area contributed by atoms with Crippen molar-refractivity contribution in [1.82, 2.24) is 10.2 Å². The summed E-state index contributed by atoms with van der Waals surface area (Å²) >= 11 is 0. The van der Waals surface area contributed by atoms with Crippen LogP contribution in [0.25, 0.3) is 0 Å². The summed E-state index contributed by atoms with van der Waals surface area (Å²) in [7, 11) is 0. The number of nitrogens with one attached hydrogen (secondary N) is 1. The van der Waals surface area contributed by atoms with E-state index < -0.39 is 53.0 Å². The monoisotopic (exact) mass is 556 g/mol. The van der Waals surface area contributed by atoms with Gasteiger partial charge in [-0.3, -0.25) is 24.6 Å². The Morgan fingerprint density at radius 3 is 2.17 bits per heavy atom. The number of aliphatic hydroxyl groups is 1. The summed E-state index contributed by atoms with van der Waals surface area (Å²) in [5.74, 6) is -1.26. The minimum Gasteiger partial charge on any atom is -0.444 e. The first-order chi connectivity index (χ1) is 18.7. The Hall–Kier alpha value is -3.83. The summed E-state index contributed by atoms with van der Waals surface area (Å²) in [6.45, 7) is 8.84. The van der Waals surface area contributed by atoms with Gasteiger partial charge in [-0.15, -0.1) is 0 Å². The predicted molar refractivity (Wildman–Crippen MR) is 150 cm³/mol. The van der Waals surface area contributed by atoms with Crippen LogP contribution in [-0.2, 0) is 27.3 Å². The Kier molecular flexibility index (Phi) is 11.8. The van der Waals surface area contributed by atoms with Crippen LogP contribution >= 0.6 is 0 Å². The molecule has 3 amide bonds. The first-order valence-corrected chi connectivity index (χ1v) is 13.2. The van der Waals surface area contributed by atoms with Crippen molar-refractivity contribution in [3.05, 3.63) is 75.8 Å². The third-order valence-corrected chi connectivity index (χ3v) is 5.94. The van der Waals surface area contributed by atoms with Crippen molar-refractivity contribution in [2.24, 2.45) is 11.7 Å². The number of hydrogen-bond acceptors (Lipinski definition) is 8. The molecule has 2 aromatic rings. The topological polar surface area (TPSA) is 165 Å². The molecule has 0 saturated heterocycles. The fourth-order valence-electron chi connectivity index (χ4n) is 3.99. The average molecular weight is 557 g/mol. The quantitative estimate of drug-likeness (QED) is 0.263. The third-order valence-electron chi connectivity index (χ3n) is 5.94. The molecular weight excluding hydrogens is 516 g/mol. The number of benzene rings is 2. The molecule has 0 aromatic heterocycles. The average Bonchev–Trinajstić information content (AvgIpc) is 2.85. The molecule has 1 unspecified atom stereocenters. The van der Waals surface area contributed by atoms with Gasteiger partial charge in [-0.2, -0.15) is 0 Å². The van der Waals surface area contributed by atoms with Crippen molar-refractivity contribution in [1.29, 1.82) is 0 Å². The number of aliphatic hydroxyl groups excluding tert-OH is 1. The molecule has 4 N–H and O–H groups in total. The number of nitrogens with two attached hydrogens (primary N) is 1. The maximum atomic E-state index is 13.7. The highest BCUT2D eigenvalue weighted by molar-refractivity contribution is 5.99. The second-order valence-corrected chi connectivity index (χ2v) is 11.2. The van der Waals surface area contributed by atoms with Gasteiger partial charge in [0.1, 0.15) is 11.6 Å². The van der Waals surface area contributed by atoms with Crippen LogP contribution in [0.15, 0.2) is 54.6 Å². The van der Waals surface area contributed by atoms with E-state index in [0.29, 0.717) is 11.1 Å². The Bertz CT molecular complexity index is 1150. The lowest BCUT2D eigenvalue weighted by atomic mass is 9.98. The van der Waals surface area contributed by atoms with E-state index in [0.717, 1.165) is 4.90 Å². The molecule has 11 nitrogen and oxygen atoms in total. The van der Waals surface area contributed by atoms with Crippen LogP contribution in [-0.4, -0.2) is 56.6 Å². The van der Waals surface area contributed by atoms with Crippen LogP contribution in [0.2, 0.25) is 0 Å². The first kappa shape index (κ1) is 32.4. The van der Waals surface area contributed by atoms with E-state index in [9.17, 15) is 29.6 Å². The van der Waals surface area contributed by atoms with Gasteiger partial charge < -0.3 is 20.9 Å². The van der Waals surface area contributed by atoms with Crippen LogP contribution in [0.5, 0.6) is 0 Å². The minimum atomic E-state index is -1.30. The minimum absolute atomic E-state index is 0.0123. The number of hydrogen-bond donors (Lipinski definition) is 3. The van der Waals surface area contributed by atoms with Gasteiger partial charge in [-0.1, -0.05) is 56.3 Å². The number of nitrogens with zero attached hydrogens (tertiary/aromatic N) is 2. The van der Waals surface area contributed by atoms with E-state index in [-0.39, 0.29) is 31.0 Å². The Labute approximate surface area is 234 Å². The second kappa shape index (κ2) is 14.5. The Balaban J connectivity index is 2.23. The molecule has 0 aliphatic rings. The van der Waals surface area contributed by atoms with E-state index in [4.69, 9.17) is 10.5 Å². The summed E-state index contributed by atoms with van der Waals surface area (Å²) in [6, 6.07) is 12.8. The molecule has 0 aliphatic heterocycles. The highest BCUT2D eigenvalue weighted by Crippen LogP contribution is 2.17. The Morgan fingerprint density at radius 1 is 1.05 bits per heavy atom. The van der Waals surface area contributed by atoms with E-state index in [1.54, 1.807) is 45.0 Å². The summed E-state index contributed by atoms with van der Waals surface area (Å²) in [5, 5.41) is 24.3. The lowest BCUT2D eigenvalue weighted by Crippen LogP contribution is -2.52. The standard InChI is InChI=1S/C29H40N4O7/c1-19(2)15-24(31-28(37)40-29(3,4)5)27(36)32(18-21-9-7-6-8-10-21)26(35)17-25(34)23(30)16-20-11-13-22(14-12-20)33(38)39/h6-14,19,23-25,34H,15-18,30H2,1-5H3,(H,31,37)/t23-,24-,25?/m0/s1. The van der Waals surface area contributed by atoms with Gasteiger partial charge in [-0.05, 0) is 50.7 Å². The number of rotatable bonds is 12. The number of ether oxygens (including phenoxy) is 1. The van der Waals surface area contributed by atoms with Crippen molar-refractivity contribution in [3.63, 3.8) is 0 Å². The van der Waals surface area contributed by atoms with Crippen molar-refractivity contribution >= 4 is 23.6 Å². The summed E-state index contributed by atoms with van der Waals surface area (Å²) in [4.78, 5) is 51.1. The number of imide groups is 1. The molecule has 2 aromatic carbocycles.